The van der Waals surface area contributed by atoms with Crippen LogP contribution in [0, 0.1) is 12.8 Å². The van der Waals surface area contributed by atoms with Crippen LogP contribution in [0.2, 0.25) is 0 Å². The highest BCUT2D eigenvalue weighted by molar-refractivity contribution is 8.15. The van der Waals surface area contributed by atoms with Crippen LogP contribution >= 0.6 is 11.8 Å². The number of hydrogen-bond acceptors (Lipinski definition) is 6. The zero-order valence-corrected chi connectivity index (χ0v) is 18.9. The van der Waals surface area contributed by atoms with Crippen molar-refractivity contribution < 1.29 is 31.9 Å². The van der Waals surface area contributed by atoms with Crippen LogP contribution < -0.4 is 5.32 Å². The minimum atomic E-state index is -4.50. The van der Waals surface area contributed by atoms with E-state index in [-0.39, 0.29) is 40.6 Å². The fourth-order valence-electron chi connectivity index (χ4n) is 4.42. The quantitative estimate of drug-likeness (QED) is 0.531. The molecule has 1 aliphatic carbocycles. The second-order valence-corrected chi connectivity index (χ2v) is 9.67. The summed E-state index contributed by atoms with van der Waals surface area (Å²) >= 11 is 1.06. The number of benzene rings is 1. The third-order valence-electron chi connectivity index (χ3n) is 6.15. The van der Waals surface area contributed by atoms with Gasteiger partial charge in [0.1, 0.15) is 11.5 Å². The zero-order valence-electron chi connectivity index (χ0n) is 18.1. The first kappa shape index (κ1) is 23.8. The van der Waals surface area contributed by atoms with Crippen LogP contribution in [-0.4, -0.2) is 27.5 Å². The lowest BCUT2D eigenvalue weighted by molar-refractivity contribution is -0.137. The Morgan fingerprint density at radius 1 is 1.21 bits per heavy atom. The van der Waals surface area contributed by atoms with Gasteiger partial charge in [-0.25, -0.2) is 4.98 Å². The SMILES string of the molecule is Cc1oc(-c2ccccc2C(F)(F)F)nc1CO[C@H]1CCC[C@@H](CCC2SC(=O)NC2=O)C1. The van der Waals surface area contributed by atoms with Crippen LogP contribution in [0.15, 0.2) is 28.7 Å². The second kappa shape index (κ2) is 9.89. The molecule has 1 aliphatic heterocycles. The number of imide groups is 1. The van der Waals surface area contributed by atoms with Gasteiger partial charge < -0.3 is 9.15 Å². The smallest absolute Gasteiger partial charge is 0.417 e. The van der Waals surface area contributed by atoms with Crippen molar-refractivity contribution in [1.82, 2.24) is 10.3 Å². The monoisotopic (exact) mass is 482 g/mol. The Balaban J connectivity index is 1.34. The second-order valence-electron chi connectivity index (χ2n) is 8.49. The average Bonchev–Trinajstić information content (AvgIpc) is 3.31. The van der Waals surface area contributed by atoms with Crippen molar-refractivity contribution >= 4 is 22.9 Å². The van der Waals surface area contributed by atoms with Crippen LogP contribution in [0.5, 0.6) is 0 Å². The molecule has 0 radical (unpaired) electrons. The largest absolute Gasteiger partial charge is 0.441 e. The summed E-state index contributed by atoms with van der Waals surface area (Å²) in [6.45, 7) is 1.83. The molecular weight excluding hydrogens is 457 g/mol. The summed E-state index contributed by atoms with van der Waals surface area (Å²) in [4.78, 5) is 27.3. The van der Waals surface area contributed by atoms with E-state index in [9.17, 15) is 22.8 Å². The first-order valence-electron chi connectivity index (χ1n) is 11.0. The standard InChI is InChI=1S/C23H25F3N2O4S/c1-13-18(27-21(32-13)16-7-2-3-8-17(16)23(24,25)26)12-31-15-6-4-5-14(11-15)9-10-19-20(29)28-22(30)33-19/h2-3,7-8,14-15,19H,4-6,9-12H2,1H3,(H,28,29,30)/t14-,15-,19?/m0/s1. The summed E-state index contributed by atoms with van der Waals surface area (Å²) in [5, 5.41) is 1.72. The number of ether oxygens (including phenoxy) is 1. The Labute approximate surface area is 193 Å². The van der Waals surface area contributed by atoms with E-state index in [1.807, 2.05) is 0 Å². The van der Waals surface area contributed by atoms with Crippen molar-refractivity contribution in [3.63, 3.8) is 0 Å². The van der Waals surface area contributed by atoms with E-state index < -0.39 is 11.7 Å². The fourth-order valence-corrected chi connectivity index (χ4v) is 5.25. The number of carbonyl (C=O) groups is 2. The number of thioether (sulfide) groups is 1. The highest BCUT2D eigenvalue weighted by atomic mass is 32.2. The molecule has 2 amide bonds. The third-order valence-corrected chi connectivity index (χ3v) is 7.20. The lowest BCUT2D eigenvalue weighted by Crippen LogP contribution is -2.26. The predicted molar refractivity (Wildman–Crippen MR) is 116 cm³/mol. The molecule has 2 heterocycles. The van der Waals surface area contributed by atoms with Crippen LogP contribution in [0.1, 0.15) is 55.5 Å². The number of hydrogen-bond donors (Lipinski definition) is 1. The minimum absolute atomic E-state index is 0.0115. The molecule has 1 saturated carbocycles. The number of nitrogens with zero attached hydrogens (tertiary/aromatic N) is 1. The molecule has 0 spiro atoms. The maximum atomic E-state index is 13.3. The number of carbonyl (C=O) groups excluding carboxylic acids is 2. The van der Waals surface area contributed by atoms with Crippen LogP contribution in [0.3, 0.4) is 0 Å². The minimum Gasteiger partial charge on any atom is -0.441 e. The van der Waals surface area contributed by atoms with Gasteiger partial charge in [0.2, 0.25) is 11.8 Å². The van der Waals surface area contributed by atoms with Gasteiger partial charge in [-0.3, -0.25) is 14.9 Å². The number of halogens is 3. The Bertz CT molecular complexity index is 1020. The molecule has 2 aliphatic rings. The predicted octanol–water partition coefficient (Wildman–Crippen LogP) is 5.88. The highest BCUT2D eigenvalue weighted by Gasteiger charge is 2.35. The van der Waals surface area contributed by atoms with Gasteiger partial charge >= 0.3 is 6.18 Å². The Kier molecular flexibility index (Phi) is 7.13. The molecule has 6 nitrogen and oxygen atoms in total. The van der Waals surface area contributed by atoms with Gasteiger partial charge in [0.15, 0.2) is 0 Å². The molecule has 33 heavy (non-hydrogen) atoms. The Morgan fingerprint density at radius 2 is 2.00 bits per heavy atom. The summed E-state index contributed by atoms with van der Waals surface area (Å²) < 4.78 is 51.6. The molecule has 0 bridgehead atoms. The summed E-state index contributed by atoms with van der Waals surface area (Å²) in [7, 11) is 0. The van der Waals surface area contributed by atoms with Crippen molar-refractivity contribution in [3.8, 4) is 11.5 Å². The molecule has 1 saturated heterocycles. The van der Waals surface area contributed by atoms with E-state index in [0.717, 1.165) is 49.9 Å². The van der Waals surface area contributed by atoms with E-state index in [2.05, 4.69) is 10.3 Å². The Morgan fingerprint density at radius 3 is 2.73 bits per heavy atom. The zero-order chi connectivity index (χ0) is 23.6. The van der Waals surface area contributed by atoms with Crippen molar-refractivity contribution in [2.24, 2.45) is 5.92 Å². The maximum absolute atomic E-state index is 13.3. The van der Waals surface area contributed by atoms with E-state index in [4.69, 9.17) is 9.15 Å². The van der Waals surface area contributed by atoms with Crippen molar-refractivity contribution in [2.75, 3.05) is 0 Å². The number of oxazole rings is 1. The van der Waals surface area contributed by atoms with E-state index in [0.29, 0.717) is 23.8 Å². The van der Waals surface area contributed by atoms with E-state index in [1.165, 1.54) is 18.2 Å². The average molecular weight is 483 g/mol. The normalized spacial score (nSPS) is 23.7. The topological polar surface area (TPSA) is 81.4 Å². The summed E-state index contributed by atoms with van der Waals surface area (Å²) in [5.41, 5.74) is -0.393. The van der Waals surface area contributed by atoms with Gasteiger partial charge in [-0.2, -0.15) is 13.2 Å². The maximum Gasteiger partial charge on any atom is 0.417 e. The van der Waals surface area contributed by atoms with Gasteiger partial charge in [-0.15, -0.1) is 0 Å². The molecule has 1 aromatic carbocycles. The number of aryl methyl sites for hydroxylation is 1. The van der Waals surface area contributed by atoms with Crippen molar-refractivity contribution in [3.05, 3.63) is 41.3 Å². The Hall–Kier alpha value is -2.33. The lowest BCUT2D eigenvalue weighted by Gasteiger charge is -2.29. The summed E-state index contributed by atoms with van der Waals surface area (Å²) in [5.74, 6) is 0.559. The van der Waals surface area contributed by atoms with E-state index in [1.54, 1.807) is 6.92 Å². The van der Waals surface area contributed by atoms with E-state index >= 15 is 0 Å². The van der Waals surface area contributed by atoms with Crippen LogP contribution in [0.25, 0.3) is 11.5 Å². The fraction of sp³-hybridized carbons (Fsp3) is 0.522. The molecule has 2 aromatic rings. The number of nitrogens with one attached hydrogen (secondary N) is 1. The molecule has 3 atom stereocenters. The van der Waals surface area contributed by atoms with Gasteiger partial charge in [-0.05, 0) is 50.7 Å². The van der Waals surface area contributed by atoms with Gasteiger partial charge in [0.25, 0.3) is 5.24 Å². The molecule has 4 rings (SSSR count). The highest BCUT2D eigenvalue weighted by Crippen LogP contribution is 2.37. The van der Waals surface area contributed by atoms with Crippen molar-refractivity contribution in [1.29, 1.82) is 0 Å². The first-order valence-corrected chi connectivity index (χ1v) is 11.8. The summed E-state index contributed by atoms with van der Waals surface area (Å²) in [6, 6.07) is 5.21. The lowest BCUT2D eigenvalue weighted by atomic mass is 9.84. The summed E-state index contributed by atoms with van der Waals surface area (Å²) in [6.07, 6.45) is 0.801. The van der Waals surface area contributed by atoms with Gasteiger partial charge in [0, 0.05) is 5.56 Å². The van der Waals surface area contributed by atoms with Crippen LogP contribution in [-0.2, 0) is 22.3 Å². The molecule has 1 N–H and O–H groups in total. The van der Waals surface area contributed by atoms with Crippen LogP contribution in [0.4, 0.5) is 18.0 Å². The molecule has 1 unspecified atom stereocenters. The molecular formula is C23H25F3N2O4S. The number of aromatic nitrogens is 1. The molecule has 178 valence electrons. The third kappa shape index (κ3) is 5.78. The number of amides is 2. The van der Waals surface area contributed by atoms with Gasteiger partial charge in [0.05, 0.1) is 23.5 Å². The number of alkyl halides is 3. The molecule has 2 fully saturated rings. The molecule has 10 heteroatoms. The van der Waals surface area contributed by atoms with Gasteiger partial charge in [-0.1, -0.05) is 36.7 Å². The first-order chi connectivity index (χ1) is 15.7. The molecule has 1 aromatic heterocycles. The number of rotatable bonds is 7. The van der Waals surface area contributed by atoms with Crippen molar-refractivity contribution in [2.45, 2.75) is 69.6 Å².